The van der Waals surface area contributed by atoms with E-state index < -0.39 is 20.9 Å². The van der Waals surface area contributed by atoms with Crippen LogP contribution in [0.4, 0.5) is 11.4 Å². The second kappa shape index (κ2) is 4.85. The van der Waals surface area contributed by atoms with E-state index in [1.807, 2.05) is 0 Å². The number of hydrogen-bond acceptors (Lipinski definition) is 5. The molecule has 1 heterocycles. The number of nitrogens with zero attached hydrogens (tertiary/aromatic N) is 2. The van der Waals surface area contributed by atoms with Gasteiger partial charge >= 0.3 is 5.97 Å². The Balaban J connectivity index is 2.48. The van der Waals surface area contributed by atoms with Crippen LogP contribution in [-0.4, -0.2) is 29.3 Å². The maximum absolute atomic E-state index is 12.2. The number of carbonyl (C=O) groups is 1. The zero-order chi connectivity index (χ0) is 14.9. The summed E-state index contributed by atoms with van der Waals surface area (Å²) in [6.07, 6.45) is 2.76. The lowest BCUT2D eigenvalue weighted by atomic mass is 10.2. The van der Waals surface area contributed by atoms with Gasteiger partial charge in [0.25, 0.3) is 10.0 Å². The number of nitrogen functional groups attached to an aromatic ring is 1. The number of benzene rings is 1. The highest BCUT2D eigenvalue weighted by molar-refractivity contribution is 7.92. The molecule has 0 fully saturated rings. The van der Waals surface area contributed by atoms with Gasteiger partial charge in [0.15, 0.2) is 0 Å². The molecule has 0 unspecified atom stereocenters. The van der Waals surface area contributed by atoms with Gasteiger partial charge in [-0.05, 0) is 18.2 Å². The summed E-state index contributed by atoms with van der Waals surface area (Å²) in [7, 11) is -2.44. The Morgan fingerprint density at radius 1 is 1.45 bits per heavy atom. The third-order valence-corrected chi connectivity index (χ3v) is 3.90. The van der Waals surface area contributed by atoms with Gasteiger partial charge in [0.2, 0.25) is 0 Å². The largest absolute Gasteiger partial charge is 0.478 e. The summed E-state index contributed by atoms with van der Waals surface area (Å²) < 4.78 is 28.1. The molecular formula is C11H12N4O4S. The molecule has 0 aliphatic heterocycles. The molecule has 0 radical (unpaired) electrons. The third-order valence-electron chi connectivity index (χ3n) is 2.48. The van der Waals surface area contributed by atoms with Crippen LogP contribution in [0.2, 0.25) is 0 Å². The van der Waals surface area contributed by atoms with Crippen LogP contribution in [0.25, 0.3) is 0 Å². The van der Waals surface area contributed by atoms with Crippen molar-refractivity contribution in [1.29, 1.82) is 0 Å². The van der Waals surface area contributed by atoms with Crippen LogP contribution >= 0.6 is 0 Å². The molecule has 0 spiro atoms. The smallest absolute Gasteiger partial charge is 0.337 e. The van der Waals surface area contributed by atoms with E-state index in [1.54, 1.807) is 7.05 Å². The molecule has 0 aliphatic rings. The topological polar surface area (TPSA) is 127 Å². The van der Waals surface area contributed by atoms with E-state index >= 15 is 0 Å². The van der Waals surface area contributed by atoms with E-state index in [1.165, 1.54) is 23.1 Å². The van der Waals surface area contributed by atoms with Crippen molar-refractivity contribution in [3.05, 3.63) is 36.2 Å². The van der Waals surface area contributed by atoms with Crippen molar-refractivity contribution in [2.75, 3.05) is 10.5 Å². The van der Waals surface area contributed by atoms with E-state index in [0.717, 1.165) is 12.1 Å². The predicted octanol–water partition coefficient (Wildman–Crippen LogP) is 0.501. The van der Waals surface area contributed by atoms with E-state index in [9.17, 15) is 13.2 Å². The van der Waals surface area contributed by atoms with Crippen LogP contribution < -0.4 is 10.5 Å². The molecule has 0 atom stereocenters. The van der Waals surface area contributed by atoms with Crippen molar-refractivity contribution in [3.63, 3.8) is 0 Å². The van der Waals surface area contributed by atoms with E-state index in [4.69, 9.17) is 10.8 Å². The van der Waals surface area contributed by atoms with Crippen LogP contribution in [0.15, 0.2) is 35.5 Å². The minimum absolute atomic E-state index is 0.154. The summed E-state index contributed by atoms with van der Waals surface area (Å²) in [5.74, 6) is -1.35. The fourth-order valence-corrected chi connectivity index (χ4v) is 2.88. The SMILES string of the molecule is Cn1cc(NS(=O)(=O)c2cc(N)ccc2C(=O)O)cn1. The summed E-state index contributed by atoms with van der Waals surface area (Å²) in [5, 5.41) is 12.9. The van der Waals surface area contributed by atoms with Crippen LogP contribution in [0.1, 0.15) is 10.4 Å². The van der Waals surface area contributed by atoms with Crippen LogP contribution in [0.3, 0.4) is 0 Å². The Labute approximate surface area is 114 Å². The number of rotatable bonds is 4. The second-order valence-electron chi connectivity index (χ2n) is 4.07. The Bertz CT molecular complexity index is 766. The molecule has 8 nitrogen and oxygen atoms in total. The number of carboxylic acid groups (broad SMARTS) is 1. The molecule has 1 aromatic carbocycles. The molecule has 0 amide bonds. The molecule has 106 valence electrons. The minimum Gasteiger partial charge on any atom is -0.478 e. The van der Waals surface area contributed by atoms with Crippen LogP contribution in [0.5, 0.6) is 0 Å². The van der Waals surface area contributed by atoms with Crippen molar-refractivity contribution in [3.8, 4) is 0 Å². The number of nitrogens with one attached hydrogen (secondary N) is 1. The molecule has 2 aromatic rings. The number of aromatic nitrogens is 2. The molecule has 4 N–H and O–H groups in total. The molecule has 9 heteroatoms. The molecule has 0 bridgehead atoms. The van der Waals surface area contributed by atoms with Gasteiger partial charge in [-0.1, -0.05) is 0 Å². The average Bonchev–Trinajstić information content (AvgIpc) is 2.73. The van der Waals surface area contributed by atoms with Gasteiger partial charge in [0, 0.05) is 18.9 Å². The standard InChI is InChI=1S/C11H12N4O4S/c1-15-6-8(5-13-15)14-20(18,19)10-4-7(12)2-3-9(10)11(16)17/h2-6,14H,12H2,1H3,(H,16,17). The van der Waals surface area contributed by atoms with E-state index in [0.29, 0.717) is 0 Å². The molecule has 20 heavy (non-hydrogen) atoms. The quantitative estimate of drug-likeness (QED) is 0.705. The number of anilines is 2. The second-order valence-corrected chi connectivity index (χ2v) is 5.72. The summed E-state index contributed by atoms with van der Waals surface area (Å²) in [5.41, 5.74) is 5.55. The maximum Gasteiger partial charge on any atom is 0.337 e. The molecule has 1 aromatic heterocycles. The van der Waals surface area contributed by atoms with Crippen molar-refractivity contribution < 1.29 is 18.3 Å². The minimum atomic E-state index is -4.06. The molecule has 0 saturated heterocycles. The van der Waals surface area contributed by atoms with E-state index in [2.05, 4.69) is 9.82 Å². The van der Waals surface area contributed by atoms with Gasteiger partial charge in [-0.2, -0.15) is 5.10 Å². The lowest BCUT2D eigenvalue weighted by molar-refractivity contribution is 0.0692. The third kappa shape index (κ3) is 2.72. The number of carboxylic acids is 1. The number of aromatic carboxylic acids is 1. The van der Waals surface area contributed by atoms with Gasteiger partial charge in [0.1, 0.15) is 4.90 Å². The Kier molecular flexibility index (Phi) is 3.36. The monoisotopic (exact) mass is 296 g/mol. The first-order valence-corrected chi connectivity index (χ1v) is 6.92. The van der Waals surface area contributed by atoms with Gasteiger partial charge in [-0.15, -0.1) is 0 Å². The first kappa shape index (κ1) is 13.9. The Morgan fingerprint density at radius 3 is 2.70 bits per heavy atom. The summed E-state index contributed by atoms with van der Waals surface area (Å²) in [4.78, 5) is 10.7. The fourth-order valence-electron chi connectivity index (χ4n) is 1.62. The van der Waals surface area contributed by atoms with Gasteiger partial charge in [-0.25, -0.2) is 13.2 Å². The zero-order valence-electron chi connectivity index (χ0n) is 10.4. The first-order chi connectivity index (χ1) is 9.29. The number of sulfonamides is 1. The van der Waals surface area contributed by atoms with E-state index in [-0.39, 0.29) is 16.9 Å². The van der Waals surface area contributed by atoms with Crippen molar-refractivity contribution >= 4 is 27.4 Å². The summed E-state index contributed by atoms with van der Waals surface area (Å²) in [6, 6.07) is 3.57. The molecular weight excluding hydrogens is 284 g/mol. The van der Waals surface area contributed by atoms with Crippen LogP contribution in [0, 0.1) is 0 Å². The predicted molar refractivity (Wildman–Crippen MR) is 71.8 cm³/mol. The highest BCUT2D eigenvalue weighted by Crippen LogP contribution is 2.22. The lowest BCUT2D eigenvalue weighted by Gasteiger charge is -2.09. The zero-order valence-corrected chi connectivity index (χ0v) is 11.3. The summed E-state index contributed by atoms with van der Waals surface area (Å²) >= 11 is 0. The van der Waals surface area contributed by atoms with Gasteiger partial charge in [0.05, 0.1) is 17.4 Å². The Hall–Kier alpha value is -2.55. The first-order valence-electron chi connectivity index (χ1n) is 5.44. The highest BCUT2D eigenvalue weighted by Gasteiger charge is 2.23. The maximum atomic E-state index is 12.2. The number of nitrogens with two attached hydrogens (primary N) is 1. The molecule has 2 rings (SSSR count). The Morgan fingerprint density at radius 2 is 2.15 bits per heavy atom. The normalized spacial score (nSPS) is 11.2. The van der Waals surface area contributed by atoms with Crippen LogP contribution in [-0.2, 0) is 17.1 Å². The summed E-state index contributed by atoms with van der Waals surface area (Å²) in [6.45, 7) is 0. The van der Waals surface area contributed by atoms with Crippen molar-refractivity contribution in [1.82, 2.24) is 9.78 Å². The fraction of sp³-hybridized carbons (Fsp3) is 0.0909. The van der Waals surface area contributed by atoms with Crippen molar-refractivity contribution in [2.45, 2.75) is 4.90 Å². The lowest BCUT2D eigenvalue weighted by Crippen LogP contribution is -2.17. The molecule has 0 aliphatic carbocycles. The van der Waals surface area contributed by atoms with Gasteiger partial charge in [-0.3, -0.25) is 9.40 Å². The van der Waals surface area contributed by atoms with Crippen molar-refractivity contribution in [2.24, 2.45) is 7.05 Å². The molecule has 0 saturated carbocycles. The van der Waals surface area contributed by atoms with Gasteiger partial charge < -0.3 is 10.8 Å². The highest BCUT2D eigenvalue weighted by atomic mass is 32.2. The number of aryl methyl sites for hydroxylation is 1. The average molecular weight is 296 g/mol. The number of hydrogen-bond donors (Lipinski definition) is 3.